The first kappa shape index (κ1) is 90.2. The molecule has 32 nitrogen and oxygen atoms in total. The molecule has 121 heavy (non-hydrogen) atoms. The number of fused-ring (bicyclic) bond motifs is 2. The zero-order chi connectivity index (χ0) is 87.8. The number of hydrogen-bond donors (Lipinski definition) is 8. The van der Waals surface area contributed by atoms with E-state index < -0.39 is 186 Å². The second-order valence-electron chi connectivity index (χ2n) is 33.3. The number of sulfone groups is 1. The van der Waals surface area contributed by atoms with Crippen LogP contribution < -0.4 is 51.4 Å². The summed E-state index contributed by atoms with van der Waals surface area (Å²) >= 11 is 0. The predicted octanol–water partition coefficient (Wildman–Crippen LogP) is 4.79. The zero-order valence-corrected chi connectivity index (χ0v) is 70.5. The van der Waals surface area contributed by atoms with Crippen LogP contribution >= 0.6 is 0 Å². The number of aromatic nitrogens is 6. The van der Waals surface area contributed by atoms with Crippen LogP contribution in [-0.4, -0.2) is 215 Å². The molecule has 0 unspecified atom stereocenters. The number of amides is 8. The number of alkyl halides is 3. The van der Waals surface area contributed by atoms with Gasteiger partial charge in [-0.05, 0) is 126 Å². The molecule has 646 valence electrons. The van der Waals surface area contributed by atoms with Crippen LogP contribution in [-0.2, 0) is 107 Å². The van der Waals surface area contributed by atoms with Crippen LogP contribution in [0.2, 0.25) is 0 Å². The number of carbonyl (C=O) groups excluding carboxylic acids is 10. The number of nitrogens with one attached hydrogen (secondary N) is 8. The Balaban J connectivity index is 0.972. The molecule has 37 heteroatoms. The van der Waals surface area contributed by atoms with Crippen LogP contribution in [0.1, 0.15) is 120 Å². The average molecular weight is 1710 g/mol. The molecule has 6 aromatic carbocycles. The van der Waals surface area contributed by atoms with E-state index in [1.807, 2.05) is 47.2 Å². The highest BCUT2D eigenvalue weighted by molar-refractivity contribution is 7.93. The zero-order valence-electron chi connectivity index (χ0n) is 68.8. The van der Waals surface area contributed by atoms with E-state index in [9.17, 15) is 49.2 Å². The number of sulfonamides is 1. The Bertz CT molecular complexity index is 5430. The van der Waals surface area contributed by atoms with Gasteiger partial charge in [0.1, 0.15) is 72.1 Å². The van der Waals surface area contributed by atoms with Crippen molar-refractivity contribution in [1.82, 2.24) is 81.7 Å². The number of likely N-dealkylation sites (N-methyl/N-ethyl adjacent to an activating group) is 2. The third kappa shape index (κ3) is 22.9. The van der Waals surface area contributed by atoms with E-state index in [4.69, 9.17) is 9.47 Å². The Labute approximate surface area is 698 Å². The van der Waals surface area contributed by atoms with E-state index >= 15 is 28.8 Å². The summed E-state index contributed by atoms with van der Waals surface area (Å²) in [5.74, 6) is -11.6. The summed E-state index contributed by atoms with van der Waals surface area (Å²) in [6.45, 7) is 12.6. The standard InChI is InChI=1S/C84H101F3N16O16S2/c1-48(88-9)74(106)93-72(82(3,4)5)80(112)100-43-61-39-68(100)78(110)91-65(36-52-20-26-54-16-12-14-18-56(54)33-52)70(104)38-58(76(108)97-120(11,114)115)32-50-22-28-63(29-23-50)118-45-59-42-103(99-95-59)62-40-69(101(44-62)81(113)73(83(6,7)8)94-75(107)49(2)89-10)79(111)92-67(37-53-21-27-55-17-13-15-19-57(55)34-53)77(109)90-66(71(105)47-121(116,117)84(85,86)87)35-51-24-30-64(31-25-51)119-46-60-41-102(61)98-96-60/h12-31,33-34,41-42,48-49,58,61-62,65-69,72-73,88-89H,32,35-40,43-47H2,1-11H3,(H,90,109)(H,91,110)(H,92,111)(H,93,106)(H,94,107)(H,97,108)/t48-,49-,58+,61-,62-,65-,66-,67-,68-,69-,72+,73+/m0/s1. The van der Waals surface area contributed by atoms with Crippen molar-refractivity contribution in [2.24, 2.45) is 16.7 Å². The number of nitrogens with zero attached hydrogens (tertiary/aromatic N) is 8. The summed E-state index contributed by atoms with van der Waals surface area (Å²) in [5, 5.41) is 40.2. The average Bonchev–Trinajstić information content (AvgIpc) is 1.65. The Kier molecular flexibility index (Phi) is 28.0. The van der Waals surface area contributed by atoms with Crippen molar-refractivity contribution in [2.75, 3.05) is 39.2 Å². The van der Waals surface area contributed by atoms with Gasteiger partial charge in [-0.2, -0.15) is 13.2 Å². The second kappa shape index (κ2) is 37.6. The van der Waals surface area contributed by atoms with Crippen LogP contribution in [0.3, 0.4) is 0 Å². The molecule has 2 aromatic heterocycles. The quantitative estimate of drug-likeness (QED) is 0.0607. The largest absolute Gasteiger partial charge is 0.497 e. The van der Waals surface area contributed by atoms with E-state index in [1.54, 1.807) is 136 Å². The highest BCUT2D eigenvalue weighted by atomic mass is 32.2. The molecule has 6 aliphatic rings. The minimum Gasteiger partial charge on any atom is -0.487 e. The molecule has 6 aliphatic heterocycles. The summed E-state index contributed by atoms with van der Waals surface area (Å²) in [6, 6.07) is 23.6. The molecule has 0 saturated carbocycles. The van der Waals surface area contributed by atoms with Crippen LogP contribution in [0, 0.1) is 16.7 Å². The van der Waals surface area contributed by atoms with Gasteiger partial charge in [-0.3, -0.25) is 52.7 Å². The lowest BCUT2D eigenvalue weighted by atomic mass is 9.85. The lowest BCUT2D eigenvalue weighted by Gasteiger charge is -2.36. The normalized spacial score (nSPS) is 21.2. The fourth-order valence-electron chi connectivity index (χ4n) is 14.8. The van der Waals surface area contributed by atoms with Gasteiger partial charge in [0, 0.05) is 44.7 Å². The van der Waals surface area contributed by atoms with Crippen LogP contribution in [0.5, 0.6) is 11.5 Å². The number of carbonyl (C=O) groups is 10. The number of hydrogen-bond acceptors (Lipinski definition) is 22. The first-order chi connectivity index (χ1) is 57.0. The third-order valence-electron chi connectivity index (χ3n) is 21.9. The molecule has 2 fully saturated rings. The first-order valence-electron chi connectivity index (χ1n) is 39.6. The maximum atomic E-state index is 15.5. The van der Waals surface area contributed by atoms with Crippen molar-refractivity contribution < 1.29 is 87.4 Å². The number of benzene rings is 6. The van der Waals surface area contributed by atoms with Crippen molar-refractivity contribution >= 4 is 100 Å². The van der Waals surface area contributed by atoms with Crippen LogP contribution in [0.25, 0.3) is 21.5 Å². The number of halogens is 3. The summed E-state index contributed by atoms with van der Waals surface area (Å²) < 4.78 is 111. The van der Waals surface area contributed by atoms with Gasteiger partial charge in [0.15, 0.2) is 11.6 Å². The van der Waals surface area contributed by atoms with Crippen molar-refractivity contribution in [3.63, 3.8) is 0 Å². The highest BCUT2D eigenvalue weighted by Crippen LogP contribution is 2.35. The minimum absolute atomic E-state index is 0.136. The van der Waals surface area contributed by atoms with E-state index in [0.29, 0.717) is 22.1 Å². The van der Waals surface area contributed by atoms with Crippen molar-refractivity contribution in [2.45, 2.75) is 186 Å². The van der Waals surface area contributed by atoms with Gasteiger partial charge < -0.3 is 56.5 Å². The smallest absolute Gasteiger partial charge is 0.487 e. The molecule has 0 aliphatic carbocycles. The maximum Gasteiger partial charge on any atom is 0.497 e. The number of Topliss-reactive ketones (excluding diaryl/α,β-unsaturated/α-hetero) is 2. The van der Waals surface area contributed by atoms with Gasteiger partial charge in [-0.15, -0.1) is 10.2 Å². The van der Waals surface area contributed by atoms with Crippen molar-refractivity contribution in [3.8, 4) is 11.5 Å². The molecule has 14 rings (SSSR count). The maximum absolute atomic E-state index is 15.5. The van der Waals surface area contributed by atoms with Gasteiger partial charge in [-0.25, -0.2) is 26.2 Å². The summed E-state index contributed by atoms with van der Waals surface area (Å²) in [6.07, 6.45) is 1.57. The molecule has 8 heterocycles. The highest BCUT2D eigenvalue weighted by Gasteiger charge is 2.51. The van der Waals surface area contributed by atoms with E-state index in [0.717, 1.165) is 22.4 Å². The predicted molar refractivity (Wildman–Crippen MR) is 439 cm³/mol. The fourth-order valence-corrected chi connectivity index (χ4v) is 16.1. The lowest BCUT2D eigenvalue weighted by molar-refractivity contribution is -0.144. The Morgan fingerprint density at radius 3 is 1.39 bits per heavy atom. The van der Waals surface area contributed by atoms with E-state index in [2.05, 4.69) is 57.8 Å². The minimum atomic E-state index is -6.16. The van der Waals surface area contributed by atoms with Gasteiger partial charge in [0.25, 0.3) is 9.84 Å². The molecule has 2 saturated heterocycles. The Morgan fingerprint density at radius 1 is 0.545 bits per heavy atom. The molecule has 12 atom stereocenters. The molecular weight excluding hydrogens is 1610 g/mol. The number of likely N-dealkylation sites (tertiary alicyclic amines) is 2. The van der Waals surface area contributed by atoms with Gasteiger partial charge in [-0.1, -0.05) is 161 Å². The van der Waals surface area contributed by atoms with Crippen molar-refractivity contribution in [3.05, 3.63) is 179 Å². The number of ketones is 2. The van der Waals surface area contributed by atoms with Crippen molar-refractivity contribution in [1.29, 1.82) is 0 Å². The van der Waals surface area contributed by atoms with Crippen LogP contribution in [0.4, 0.5) is 13.2 Å². The van der Waals surface area contributed by atoms with Gasteiger partial charge >= 0.3 is 5.51 Å². The molecule has 12 bridgehead atoms. The second-order valence-corrected chi connectivity index (χ2v) is 37.0. The topological polar surface area (TPSA) is 422 Å². The first-order valence-corrected chi connectivity index (χ1v) is 43.1. The molecule has 8 amide bonds. The summed E-state index contributed by atoms with van der Waals surface area (Å²) in [7, 11) is -7.26. The molecule has 8 aromatic rings. The summed E-state index contributed by atoms with van der Waals surface area (Å²) in [4.78, 5) is 151. The van der Waals surface area contributed by atoms with E-state index in [-0.39, 0.29) is 86.9 Å². The monoisotopic (exact) mass is 1710 g/mol. The summed E-state index contributed by atoms with van der Waals surface area (Å²) in [5.41, 5.74) is -5.74. The number of rotatable bonds is 17. The SMILES string of the molecule is CN[C@@H](C)C(=O)N[C@H](C(=O)N1C[C@@H]2C[C@H]1C(=O)N[C@@H](Cc1ccc3ccccc3c1)C(=O)C[C@H](C(=O)NS(C)(=O)=O)Cc1ccc(cc1)OCc1cn(nn1)[C@H]1C[C@@H](C(=O)N[C@@H](Cc3ccc4ccccc4c3)C(=O)N[C@H](C(=O)CS(=O)(=O)C(F)(F)F)Cc3ccc(cc3)OCc3cn2nn3)N(C(=O)[C@@H](NC(=O)[C@H](C)NC)C(C)(C)C)C1)C(C)(C)C. The number of ether oxygens (including phenoxy) is 2. The van der Waals surface area contributed by atoms with Gasteiger partial charge in [0.2, 0.25) is 57.3 Å². The molecule has 8 N–H and O–H groups in total. The van der Waals surface area contributed by atoms with Crippen LogP contribution in [0.15, 0.2) is 146 Å². The lowest BCUT2D eigenvalue weighted by Crippen LogP contribution is -2.61. The Hall–Kier alpha value is -11.6. The van der Waals surface area contributed by atoms with E-state index in [1.165, 1.54) is 55.8 Å². The molecule has 0 spiro atoms. The van der Waals surface area contributed by atoms with Gasteiger partial charge in [0.05, 0.1) is 54.9 Å². The molecular formula is C84H101F3N16O16S2. The molecule has 0 radical (unpaired) electrons. The Morgan fingerprint density at radius 2 is 0.967 bits per heavy atom. The third-order valence-corrected chi connectivity index (χ3v) is 23.9. The fraction of sp³-hybridized carbons (Fsp3) is 0.452.